The summed E-state index contributed by atoms with van der Waals surface area (Å²) in [5.74, 6) is -2.14. The van der Waals surface area contributed by atoms with Gasteiger partial charge in [-0.2, -0.15) is 0 Å². The maximum atomic E-state index is 12.8. The van der Waals surface area contributed by atoms with Gasteiger partial charge in [-0.1, -0.05) is 30.3 Å². The van der Waals surface area contributed by atoms with Crippen LogP contribution in [0.2, 0.25) is 0 Å². The van der Waals surface area contributed by atoms with E-state index in [1.54, 1.807) is 50.4 Å². The largest absolute Gasteiger partial charge is 0.452 e. The number of likely N-dealkylation sites (N-methyl/N-ethyl adjacent to an activating group) is 1. The summed E-state index contributed by atoms with van der Waals surface area (Å²) in [5.41, 5.74) is 0.883. The van der Waals surface area contributed by atoms with Crippen LogP contribution in [0.1, 0.15) is 27.6 Å². The van der Waals surface area contributed by atoms with Gasteiger partial charge >= 0.3 is 5.97 Å². The fourth-order valence-corrected chi connectivity index (χ4v) is 2.50. The number of benzene rings is 2. The van der Waals surface area contributed by atoms with Gasteiger partial charge in [0, 0.05) is 19.3 Å². The third-order valence-electron chi connectivity index (χ3n) is 3.98. The molecule has 2 aromatic carbocycles. The molecule has 0 heterocycles. The summed E-state index contributed by atoms with van der Waals surface area (Å²) in [7, 11) is 1.61. The van der Waals surface area contributed by atoms with E-state index in [-0.39, 0.29) is 29.5 Å². The van der Waals surface area contributed by atoms with Crippen molar-refractivity contribution in [3.63, 3.8) is 0 Å². The second kappa shape index (κ2) is 10.6. The lowest BCUT2D eigenvalue weighted by Gasteiger charge is -2.18. The van der Waals surface area contributed by atoms with Gasteiger partial charge in [0.1, 0.15) is 0 Å². The van der Waals surface area contributed by atoms with E-state index >= 15 is 0 Å². The molecule has 0 aliphatic carbocycles. The predicted octanol–water partition coefficient (Wildman–Crippen LogP) is 1.37. The molecule has 0 radical (unpaired) electrons. The maximum absolute atomic E-state index is 12.8. The number of ether oxygens (including phenoxy) is 1. The molecule has 0 aromatic heterocycles. The van der Waals surface area contributed by atoms with Crippen LogP contribution in [0.3, 0.4) is 0 Å². The number of carbonyl (C=O) groups excluding carboxylic acids is 4. The number of carbonyl (C=O) groups is 4. The Balaban J connectivity index is 2.02. The van der Waals surface area contributed by atoms with Crippen molar-refractivity contribution in [1.29, 1.82) is 0 Å². The molecule has 0 bridgehead atoms. The summed E-state index contributed by atoms with van der Waals surface area (Å²) >= 11 is 0. The molecule has 0 unspecified atom stereocenters. The second-order valence-corrected chi connectivity index (χ2v) is 6.05. The molecule has 0 saturated heterocycles. The monoisotopic (exact) mass is 397 g/mol. The molecule has 2 N–H and O–H groups in total. The highest BCUT2D eigenvalue weighted by Gasteiger charge is 2.22. The van der Waals surface area contributed by atoms with E-state index in [4.69, 9.17) is 4.74 Å². The molecular weight excluding hydrogens is 374 g/mol. The number of para-hydroxylation sites is 1. The summed E-state index contributed by atoms with van der Waals surface area (Å²) < 4.78 is 5.00. The summed E-state index contributed by atoms with van der Waals surface area (Å²) in [5, 5.41) is 4.88. The molecular formula is C21H23N3O5. The molecule has 3 amide bonds. The van der Waals surface area contributed by atoms with Crippen molar-refractivity contribution in [2.45, 2.75) is 6.92 Å². The number of nitrogens with one attached hydrogen (secondary N) is 2. The molecule has 0 spiro atoms. The van der Waals surface area contributed by atoms with Gasteiger partial charge in [0.15, 0.2) is 6.61 Å². The molecule has 0 atom stereocenters. The molecule has 29 heavy (non-hydrogen) atoms. The quantitative estimate of drug-likeness (QED) is 0.655. The van der Waals surface area contributed by atoms with Crippen LogP contribution in [0.5, 0.6) is 0 Å². The van der Waals surface area contributed by atoms with Crippen LogP contribution < -0.4 is 15.5 Å². The van der Waals surface area contributed by atoms with Crippen LogP contribution in [0, 0.1) is 0 Å². The Hall–Kier alpha value is -3.68. The number of anilines is 1. The lowest BCUT2D eigenvalue weighted by molar-refractivity contribution is -0.127. The molecule has 0 aliphatic heterocycles. The van der Waals surface area contributed by atoms with Gasteiger partial charge in [0.2, 0.25) is 5.91 Å². The molecule has 0 saturated carbocycles. The van der Waals surface area contributed by atoms with Crippen molar-refractivity contribution in [3.05, 3.63) is 65.7 Å². The molecule has 2 rings (SSSR count). The average Bonchev–Trinajstić information content (AvgIpc) is 2.75. The molecule has 8 heteroatoms. The third kappa shape index (κ3) is 6.17. The van der Waals surface area contributed by atoms with Crippen molar-refractivity contribution >= 4 is 29.4 Å². The van der Waals surface area contributed by atoms with Gasteiger partial charge in [-0.3, -0.25) is 14.4 Å². The number of amides is 3. The minimum absolute atomic E-state index is 0.0526. The van der Waals surface area contributed by atoms with Crippen LogP contribution in [-0.4, -0.2) is 50.4 Å². The minimum atomic E-state index is -0.802. The van der Waals surface area contributed by atoms with Crippen LogP contribution in [0.4, 0.5) is 5.69 Å². The summed E-state index contributed by atoms with van der Waals surface area (Å²) in [6, 6.07) is 15.2. The fourth-order valence-electron chi connectivity index (χ4n) is 2.50. The number of hydrogen-bond donors (Lipinski definition) is 2. The van der Waals surface area contributed by atoms with Gasteiger partial charge in [-0.15, -0.1) is 0 Å². The van der Waals surface area contributed by atoms with Crippen molar-refractivity contribution in [3.8, 4) is 0 Å². The summed E-state index contributed by atoms with van der Waals surface area (Å²) in [4.78, 5) is 49.8. The van der Waals surface area contributed by atoms with Gasteiger partial charge in [-0.25, -0.2) is 4.79 Å². The van der Waals surface area contributed by atoms with Gasteiger partial charge in [-0.05, 0) is 31.2 Å². The fraction of sp³-hybridized carbons (Fsp3) is 0.238. The first-order chi connectivity index (χ1) is 13.9. The Kier molecular flexibility index (Phi) is 7.90. The molecule has 0 aliphatic rings. The van der Waals surface area contributed by atoms with Crippen molar-refractivity contribution in [1.82, 2.24) is 10.6 Å². The standard InChI is InChI=1S/C21H23N3O5/c1-3-22-18(25)13-23-19(26)14-29-21(28)17-12-8-7-11-16(17)20(27)24(2)15-9-5-4-6-10-15/h4-12H,3,13-14H2,1-2H3,(H,22,25)(H,23,26). The molecule has 0 fully saturated rings. The first kappa shape index (κ1) is 21.6. The number of nitrogens with zero attached hydrogens (tertiary/aromatic N) is 1. The Labute approximate surface area is 168 Å². The number of hydrogen-bond acceptors (Lipinski definition) is 5. The second-order valence-electron chi connectivity index (χ2n) is 6.05. The van der Waals surface area contributed by atoms with Gasteiger partial charge < -0.3 is 20.3 Å². The Bertz CT molecular complexity index is 883. The minimum Gasteiger partial charge on any atom is -0.452 e. The van der Waals surface area contributed by atoms with E-state index in [0.29, 0.717) is 12.2 Å². The Morgan fingerprint density at radius 1 is 0.862 bits per heavy atom. The van der Waals surface area contributed by atoms with E-state index in [1.807, 2.05) is 6.07 Å². The summed E-state index contributed by atoms with van der Waals surface area (Å²) in [6.07, 6.45) is 0. The third-order valence-corrected chi connectivity index (χ3v) is 3.98. The van der Waals surface area contributed by atoms with Crippen LogP contribution in [-0.2, 0) is 14.3 Å². The highest BCUT2D eigenvalue weighted by atomic mass is 16.5. The van der Waals surface area contributed by atoms with Crippen molar-refractivity contribution in [2.75, 3.05) is 31.6 Å². The predicted molar refractivity (Wildman–Crippen MR) is 108 cm³/mol. The average molecular weight is 397 g/mol. The number of esters is 1. The highest BCUT2D eigenvalue weighted by molar-refractivity contribution is 6.12. The van der Waals surface area contributed by atoms with Crippen LogP contribution in [0.25, 0.3) is 0 Å². The van der Waals surface area contributed by atoms with Crippen LogP contribution in [0.15, 0.2) is 54.6 Å². The van der Waals surface area contributed by atoms with Crippen molar-refractivity contribution < 1.29 is 23.9 Å². The number of rotatable bonds is 8. The Morgan fingerprint density at radius 2 is 1.48 bits per heavy atom. The lowest BCUT2D eigenvalue weighted by Crippen LogP contribution is -2.38. The zero-order valence-corrected chi connectivity index (χ0v) is 16.3. The van der Waals surface area contributed by atoms with E-state index in [1.165, 1.54) is 17.0 Å². The summed E-state index contributed by atoms with van der Waals surface area (Å²) in [6.45, 7) is 1.44. The van der Waals surface area contributed by atoms with Crippen molar-refractivity contribution in [2.24, 2.45) is 0 Å². The lowest BCUT2D eigenvalue weighted by atomic mass is 10.1. The Morgan fingerprint density at radius 3 is 2.14 bits per heavy atom. The van der Waals surface area contributed by atoms with E-state index in [0.717, 1.165) is 0 Å². The SMILES string of the molecule is CCNC(=O)CNC(=O)COC(=O)c1ccccc1C(=O)N(C)c1ccccc1. The molecule has 8 nitrogen and oxygen atoms in total. The smallest absolute Gasteiger partial charge is 0.339 e. The van der Waals surface area contributed by atoms with Crippen LogP contribution >= 0.6 is 0 Å². The van der Waals surface area contributed by atoms with E-state index in [2.05, 4.69) is 10.6 Å². The van der Waals surface area contributed by atoms with E-state index in [9.17, 15) is 19.2 Å². The topological polar surface area (TPSA) is 105 Å². The highest BCUT2D eigenvalue weighted by Crippen LogP contribution is 2.18. The first-order valence-corrected chi connectivity index (χ1v) is 9.06. The van der Waals surface area contributed by atoms with Gasteiger partial charge in [0.05, 0.1) is 17.7 Å². The first-order valence-electron chi connectivity index (χ1n) is 9.06. The zero-order valence-electron chi connectivity index (χ0n) is 16.3. The van der Waals surface area contributed by atoms with E-state index < -0.39 is 18.5 Å². The van der Waals surface area contributed by atoms with Gasteiger partial charge in [0.25, 0.3) is 11.8 Å². The zero-order chi connectivity index (χ0) is 21.2. The molecule has 152 valence electrons. The molecule has 2 aromatic rings. The maximum Gasteiger partial charge on any atom is 0.339 e. The normalized spacial score (nSPS) is 10.0.